The number of imide groups is 1. The Morgan fingerprint density at radius 3 is 2.41 bits per heavy atom. The Hall–Kier alpha value is -2.21. The summed E-state index contributed by atoms with van der Waals surface area (Å²) >= 11 is 13.5. The Labute approximate surface area is 171 Å². The Morgan fingerprint density at radius 1 is 1.11 bits per heavy atom. The number of hydrogen-bond acceptors (Lipinski definition) is 4. The summed E-state index contributed by atoms with van der Waals surface area (Å²) in [5.41, 5.74) is 1.60. The van der Waals surface area contributed by atoms with Gasteiger partial charge in [-0.3, -0.25) is 14.5 Å². The summed E-state index contributed by atoms with van der Waals surface area (Å²) in [6.45, 7) is 4.06. The van der Waals surface area contributed by atoms with Crippen LogP contribution in [0.1, 0.15) is 11.1 Å². The van der Waals surface area contributed by atoms with Crippen molar-refractivity contribution in [2.75, 3.05) is 6.54 Å². The molecule has 0 radical (unpaired) electrons. The lowest BCUT2D eigenvalue weighted by atomic mass is 10.2. The van der Waals surface area contributed by atoms with Gasteiger partial charge in [-0.25, -0.2) is 0 Å². The van der Waals surface area contributed by atoms with Crippen molar-refractivity contribution >= 4 is 52.2 Å². The minimum Gasteiger partial charge on any atom is -0.486 e. The predicted octanol–water partition coefficient (Wildman–Crippen LogP) is 5.79. The number of hydrogen-bond donors (Lipinski definition) is 0. The van der Waals surface area contributed by atoms with E-state index in [2.05, 4.69) is 6.58 Å². The van der Waals surface area contributed by atoms with Gasteiger partial charge in [0.2, 0.25) is 0 Å². The van der Waals surface area contributed by atoms with Crippen LogP contribution in [0.4, 0.5) is 4.79 Å². The number of rotatable bonds is 6. The Bertz CT molecular complexity index is 905. The van der Waals surface area contributed by atoms with Crippen molar-refractivity contribution in [1.29, 1.82) is 0 Å². The first-order valence-corrected chi connectivity index (χ1v) is 9.59. The standard InChI is InChI=1S/C20H15Cl2NO3S/c1-2-8-23-19(24)17(27-20(23)25)11-14-9-15(21)18(16(22)10-14)26-12-13-6-4-3-5-7-13/h2-7,9-11H,1,8,12H2/b17-11+. The summed E-state index contributed by atoms with van der Waals surface area (Å²) in [5.74, 6) is 0.0145. The quantitative estimate of drug-likeness (QED) is 0.438. The molecule has 138 valence electrons. The van der Waals surface area contributed by atoms with Gasteiger partial charge in [-0.05, 0) is 41.1 Å². The first-order chi connectivity index (χ1) is 13.0. The van der Waals surface area contributed by atoms with E-state index in [0.29, 0.717) is 32.9 Å². The van der Waals surface area contributed by atoms with Gasteiger partial charge >= 0.3 is 0 Å². The number of thioether (sulfide) groups is 1. The van der Waals surface area contributed by atoms with Crippen molar-refractivity contribution in [3.63, 3.8) is 0 Å². The fourth-order valence-electron chi connectivity index (χ4n) is 2.47. The second kappa shape index (κ2) is 8.65. The van der Waals surface area contributed by atoms with Crippen molar-refractivity contribution in [2.45, 2.75) is 6.61 Å². The predicted molar refractivity (Wildman–Crippen MR) is 110 cm³/mol. The lowest BCUT2D eigenvalue weighted by Gasteiger charge is -2.11. The van der Waals surface area contributed by atoms with Crippen LogP contribution >= 0.6 is 35.0 Å². The first-order valence-electron chi connectivity index (χ1n) is 8.01. The maximum Gasteiger partial charge on any atom is 0.293 e. The molecule has 0 atom stereocenters. The molecule has 0 unspecified atom stereocenters. The van der Waals surface area contributed by atoms with Crippen LogP contribution in [-0.4, -0.2) is 22.6 Å². The number of carbonyl (C=O) groups is 2. The molecule has 2 aromatic rings. The van der Waals surface area contributed by atoms with Crippen molar-refractivity contribution in [3.8, 4) is 5.75 Å². The van der Waals surface area contributed by atoms with Crippen molar-refractivity contribution in [1.82, 2.24) is 4.90 Å². The van der Waals surface area contributed by atoms with Gasteiger partial charge in [0.1, 0.15) is 6.61 Å². The number of halogens is 2. The van der Waals surface area contributed by atoms with E-state index >= 15 is 0 Å². The summed E-state index contributed by atoms with van der Waals surface area (Å²) in [6, 6.07) is 12.9. The van der Waals surface area contributed by atoms with Gasteiger partial charge in [0, 0.05) is 6.54 Å². The molecule has 3 rings (SSSR count). The molecule has 27 heavy (non-hydrogen) atoms. The molecule has 1 fully saturated rings. The topological polar surface area (TPSA) is 46.6 Å². The van der Waals surface area contributed by atoms with Crippen molar-refractivity contribution in [3.05, 3.63) is 81.2 Å². The third-order valence-electron chi connectivity index (χ3n) is 3.73. The molecular weight excluding hydrogens is 405 g/mol. The number of nitrogens with zero attached hydrogens (tertiary/aromatic N) is 1. The lowest BCUT2D eigenvalue weighted by Crippen LogP contribution is -2.27. The fraction of sp³-hybridized carbons (Fsp3) is 0.100. The summed E-state index contributed by atoms with van der Waals surface area (Å²) in [7, 11) is 0. The largest absolute Gasteiger partial charge is 0.486 e. The molecule has 0 spiro atoms. The van der Waals surface area contributed by atoms with E-state index in [-0.39, 0.29) is 17.7 Å². The van der Waals surface area contributed by atoms with Crippen LogP contribution in [0.25, 0.3) is 6.08 Å². The highest BCUT2D eigenvalue weighted by Gasteiger charge is 2.34. The molecule has 2 aromatic carbocycles. The molecule has 1 saturated heterocycles. The average Bonchev–Trinajstić information content (AvgIpc) is 2.90. The second-order valence-corrected chi connectivity index (χ2v) is 7.48. The Morgan fingerprint density at radius 2 is 1.78 bits per heavy atom. The van der Waals surface area contributed by atoms with E-state index in [1.54, 1.807) is 18.2 Å². The van der Waals surface area contributed by atoms with Gasteiger partial charge in [0.15, 0.2) is 5.75 Å². The molecule has 1 aliphatic rings. The highest BCUT2D eigenvalue weighted by molar-refractivity contribution is 8.18. The van der Waals surface area contributed by atoms with E-state index < -0.39 is 0 Å². The third-order valence-corrected chi connectivity index (χ3v) is 5.20. The van der Waals surface area contributed by atoms with Crippen LogP contribution < -0.4 is 4.74 Å². The van der Waals surface area contributed by atoms with Crippen LogP contribution in [0, 0.1) is 0 Å². The molecule has 2 amide bonds. The van der Waals surface area contributed by atoms with Crippen LogP contribution in [0.3, 0.4) is 0 Å². The zero-order valence-electron chi connectivity index (χ0n) is 14.2. The molecule has 0 N–H and O–H groups in total. The van der Waals surface area contributed by atoms with Crippen molar-refractivity contribution < 1.29 is 14.3 Å². The van der Waals surface area contributed by atoms with E-state index in [9.17, 15) is 9.59 Å². The number of amides is 2. The van der Waals surface area contributed by atoms with Crippen LogP contribution in [0.15, 0.2) is 60.0 Å². The molecule has 0 aromatic heterocycles. The summed E-state index contributed by atoms with van der Waals surface area (Å²) in [5, 5.41) is 0.330. The van der Waals surface area contributed by atoms with Crippen molar-refractivity contribution in [2.24, 2.45) is 0 Å². The Balaban J connectivity index is 1.79. The number of benzene rings is 2. The lowest BCUT2D eigenvalue weighted by molar-refractivity contribution is -0.122. The zero-order chi connectivity index (χ0) is 19.4. The fourth-order valence-corrected chi connectivity index (χ4v) is 3.93. The van der Waals surface area contributed by atoms with Gasteiger partial charge in [-0.1, -0.05) is 59.6 Å². The minimum absolute atomic E-state index is 0.176. The van der Waals surface area contributed by atoms with E-state index in [0.717, 1.165) is 22.2 Å². The molecule has 0 bridgehead atoms. The monoisotopic (exact) mass is 419 g/mol. The molecule has 1 aliphatic heterocycles. The number of carbonyl (C=O) groups excluding carboxylic acids is 2. The van der Waals surface area contributed by atoms with Gasteiger partial charge in [-0.2, -0.15) is 0 Å². The zero-order valence-corrected chi connectivity index (χ0v) is 16.5. The molecular formula is C20H15Cl2NO3S. The van der Waals surface area contributed by atoms with Crippen LogP contribution in [0.2, 0.25) is 10.0 Å². The average molecular weight is 420 g/mol. The second-order valence-electron chi connectivity index (χ2n) is 5.67. The van der Waals surface area contributed by atoms with Gasteiger partial charge < -0.3 is 4.74 Å². The molecule has 4 nitrogen and oxygen atoms in total. The van der Waals surface area contributed by atoms with E-state index in [1.807, 2.05) is 30.3 Å². The van der Waals surface area contributed by atoms with E-state index in [4.69, 9.17) is 27.9 Å². The summed E-state index contributed by atoms with van der Waals surface area (Å²) < 4.78 is 5.74. The molecule has 0 aliphatic carbocycles. The van der Waals surface area contributed by atoms with Gasteiger partial charge in [-0.15, -0.1) is 6.58 Å². The van der Waals surface area contributed by atoms with E-state index in [1.165, 1.54) is 6.08 Å². The molecule has 7 heteroatoms. The van der Waals surface area contributed by atoms with Crippen LogP contribution in [0.5, 0.6) is 5.75 Å². The van der Waals surface area contributed by atoms with Gasteiger partial charge in [0.05, 0.1) is 15.0 Å². The first kappa shape index (κ1) is 19.5. The smallest absolute Gasteiger partial charge is 0.293 e. The summed E-state index contributed by atoms with van der Waals surface area (Å²) in [4.78, 5) is 25.6. The highest BCUT2D eigenvalue weighted by atomic mass is 35.5. The maximum absolute atomic E-state index is 12.3. The van der Waals surface area contributed by atoms with Crippen LogP contribution in [-0.2, 0) is 11.4 Å². The Kier molecular flexibility index (Phi) is 6.26. The SMILES string of the molecule is C=CCN1C(=O)S/C(=C/c2cc(Cl)c(OCc3ccccc3)c(Cl)c2)C1=O. The maximum atomic E-state index is 12.3. The third kappa shape index (κ3) is 4.56. The minimum atomic E-state index is -0.360. The summed E-state index contributed by atoms with van der Waals surface area (Å²) in [6.07, 6.45) is 3.10. The van der Waals surface area contributed by atoms with Gasteiger partial charge in [0.25, 0.3) is 11.1 Å². The highest BCUT2D eigenvalue weighted by Crippen LogP contribution is 2.37. The molecule has 1 heterocycles. The molecule has 0 saturated carbocycles. The normalized spacial score (nSPS) is 15.5. The number of ether oxygens (including phenoxy) is 1.